The van der Waals surface area contributed by atoms with Gasteiger partial charge in [0.15, 0.2) is 0 Å². The zero-order valence-corrected chi connectivity index (χ0v) is 21.2. The van der Waals surface area contributed by atoms with Crippen molar-refractivity contribution in [3.8, 4) is 22.5 Å². The van der Waals surface area contributed by atoms with Gasteiger partial charge in [-0.3, -0.25) is 9.30 Å². The first-order valence-corrected chi connectivity index (χ1v) is 13.1. The number of pyridine rings is 2. The maximum Gasteiger partial charge on any atom is 0.227 e. The summed E-state index contributed by atoms with van der Waals surface area (Å²) in [5, 5.41) is 7.54. The molecule has 0 bridgehead atoms. The summed E-state index contributed by atoms with van der Waals surface area (Å²) in [7, 11) is 0. The van der Waals surface area contributed by atoms with Crippen LogP contribution in [0, 0.1) is 0 Å². The molecule has 1 aliphatic rings. The molecule has 5 aromatic rings. The minimum absolute atomic E-state index is 0.525. The number of piperazine rings is 1. The molecule has 0 unspecified atom stereocenters. The summed E-state index contributed by atoms with van der Waals surface area (Å²) in [6.07, 6.45) is 7.58. The van der Waals surface area contributed by atoms with Gasteiger partial charge in [-0.1, -0.05) is 0 Å². The first-order chi connectivity index (χ1) is 17.6. The Hall–Kier alpha value is -3.82. The molecular formula is C27H28N8S. The fourth-order valence-corrected chi connectivity index (χ4v) is 5.24. The molecule has 0 spiro atoms. The number of thiophene rings is 1. The predicted molar refractivity (Wildman–Crippen MR) is 146 cm³/mol. The van der Waals surface area contributed by atoms with E-state index in [1.54, 1.807) is 17.5 Å². The average Bonchev–Trinajstić information content (AvgIpc) is 3.60. The highest BCUT2D eigenvalue weighted by Gasteiger charge is 2.19. The first-order valence-electron chi connectivity index (χ1n) is 12.2. The SMILES string of the molecule is CC(C)N1CCN(c2ccc(Nc3nccc(-c4cnc5ccc(-c6ccsc6)cn45)n3)cn2)CC1. The molecular weight excluding hydrogens is 468 g/mol. The molecule has 0 saturated carbocycles. The second kappa shape index (κ2) is 9.67. The van der Waals surface area contributed by atoms with Gasteiger partial charge in [0.25, 0.3) is 0 Å². The molecule has 0 aromatic carbocycles. The van der Waals surface area contributed by atoms with Crippen LogP contribution in [0.3, 0.4) is 0 Å². The lowest BCUT2D eigenvalue weighted by Gasteiger charge is -2.37. The van der Waals surface area contributed by atoms with Gasteiger partial charge in [0.2, 0.25) is 5.95 Å². The number of nitrogens with zero attached hydrogens (tertiary/aromatic N) is 7. The Labute approximate surface area is 214 Å². The van der Waals surface area contributed by atoms with E-state index in [-0.39, 0.29) is 0 Å². The molecule has 6 rings (SSSR count). The highest BCUT2D eigenvalue weighted by atomic mass is 32.1. The van der Waals surface area contributed by atoms with Crippen LogP contribution in [0.15, 0.2) is 71.9 Å². The van der Waals surface area contributed by atoms with Crippen LogP contribution >= 0.6 is 11.3 Å². The fourth-order valence-electron chi connectivity index (χ4n) is 4.57. The summed E-state index contributed by atoms with van der Waals surface area (Å²) in [6, 6.07) is 12.9. The summed E-state index contributed by atoms with van der Waals surface area (Å²) in [4.78, 5) is 23.3. The van der Waals surface area contributed by atoms with Crippen molar-refractivity contribution in [2.75, 3.05) is 36.4 Å². The Morgan fingerprint density at radius 2 is 1.78 bits per heavy atom. The van der Waals surface area contributed by atoms with Crippen molar-refractivity contribution in [2.45, 2.75) is 19.9 Å². The third kappa shape index (κ3) is 4.55. The van der Waals surface area contributed by atoms with Gasteiger partial charge < -0.3 is 10.2 Å². The number of rotatable bonds is 6. The average molecular weight is 497 g/mol. The van der Waals surface area contributed by atoms with Crippen molar-refractivity contribution in [3.63, 3.8) is 0 Å². The van der Waals surface area contributed by atoms with Gasteiger partial charge in [-0.25, -0.2) is 19.9 Å². The predicted octanol–water partition coefficient (Wildman–Crippen LogP) is 5.19. The highest BCUT2D eigenvalue weighted by molar-refractivity contribution is 7.08. The van der Waals surface area contributed by atoms with Crippen LogP contribution < -0.4 is 10.2 Å². The lowest BCUT2D eigenvalue weighted by atomic mass is 10.1. The van der Waals surface area contributed by atoms with Gasteiger partial charge in [-0.2, -0.15) is 11.3 Å². The molecule has 5 aromatic heterocycles. The zero-order chi connectivity index (χ0) is 24.5. The Morgan fingerprint density at radius 1 is 0.889 bits per heavy atom. The lowest BCUT2D eigenvalue weighted by Crippen LogP contribution is -2.49. The van der Waals surface area contributed by atoms with Gasteiger partial charge in [0.05, 0.1) is 29.5 Å². The topological polar surface area (TPSA) is 74.5 Å². The number of aromatic nitrogens is 5. The Balaban J connectivity index is 1.19. The van der Waals surface area contributed by atoms with Gasteiger partial charge in [-0.05, 0) is 72.1 Å². The standard InChI is InChI=1S/C27H28N8S/c1-19(2)33-10-12-34(13-11-33)25-6-4-22(15-29-25)31-27-28-9-7-23(32-27)24-16-30-26-5-3-20(17-35(24)26)21-8-14-36-18-21/h3-9,14-19H,10-13H2,1-2H3,(H,28,31,32). The zero-order valence-electron chi connectivity index (χ0n) is 20.4. The maximum atomic E-state index is 4.77. The first kappa shape index (κ1) is 22.6. The van der Waals surface area contributed by atoms with E-state index >= 15 is 0 Å². The van der Waals surface area contributed by atoms with Crippen LogP contribution in [0.1, 0.15) is 13.8 Å². The van der Waals surface area contributed by atoms with Crippen LogP contribution in [0.2, 0.25) is 0 Å². The monoisotopic (exact) mass is 496 g/mol. The smallest absolute Gasteiger partial charge is 0.227 e. The van der Waals surface area contributed by atoms with Crippen LogP contribution in [0.25, 0.3) is 28.2 Å². The summed E-state index contributed by atoms with van der Waals surface area (Å²) in [6.45, 7) is 8.63. The lowest BCUT2D eigenvalue weighted by molar-refractivity contribution is 0.209. The number of hydrogen-bond acceptors (Lipinski definition) is 8. The molecule has 0 amide bonds. The number of imidazole rings is 1. The summed E-state index contributed by atoms with van der Waals surface area (Å²) < 4.78 is 2.08. The van der Waals surface area contributed by atoms with Gasteiger partial charge >= 0.3 is 0 Å². The van der Waals surface area contributed by atoms with E-state index in [0.29, 0.717) is 12.0 Å². The van der Waals surface area contributed by atoms with Gasteiger partial charge in [-0.15, -0.1) is 0 Å². The third-order valence-corrected chi connectivity index (χ3v) is 7.33. The Kier molecular flexibility index (Phi) is 6.08. The molecule has 6 heterocycles. The summed E-state index contributed by atoms with van der Waals surface area (Å²) in [5.41, 5.74) is 5.80. The molecule has 1 saturated heterocycles. The maximum absolute atomic E-state index is 4.77. The van der Waals surface area contributed by atoms with Crippen molar-refractivity contribution >= 4 is 34.4 Å². The van der Waals surface area contributed by atoms with Crippen LogP contribution in [0.5, 0.6) is 0 Å². The third-order valence-electron chi connectivity index (χ3n) is 6.65. The van der Waals surface area contributed by atoms with Crippen LogP contribution in [-0.2, 0) is 0 Å². The van der Waals surface area contributed by atoms with Gasteiger partial charge in [0, 0.05) is 44.6 Å². The molecule has 36 heavy (non-hydrogen) atoms. The molecule has 0 radical (unpaired) electrons. The Morgan fingerprint density at radius 3 is 2.53 bits per heavy atom. The second-order valence-corrected chi connectivity index (χ2v) is 9.99. The Bertz CT molecular complexity index is 1450. The second-order valence-electron chi connectivity index (χ2n) is 9.21. The summed E-state index contributed by atoms with van der Waals surface area (Å²) in [5.74, 6) is 1.53. The van der Waals surface area contributed by atoms with Gasteiger partial charge in [0.1, 0.15) is 11.5 Å². The van der Waals surface area contributed by atoms with E-state index < -0.39 is 0 Å². The van der Waals surface area contributed by atoms with E-state index in [0.717, 1.165) is 60.3 Å². The fraction of sp³-hybridized carbons (Fsp3) is 0.259. The van der Waals surface area contributed by atoms with Crippen molar-refractivity contribution in [1.29, 1.82) is 0 Å². The quantitative estimate of drug-likeness (QED) is 0.347. The van der Waals surface area contributed by atoms with E-state index in [1.807, 2.05) is 30.6 Å². The molecule has 9 heteroatoms. The van der Waals surface area contributed by atoms with E-state index in [2.05, 4.69) is 78.5 Å². The van der Waals surface area contributed by atoms with E-state index in [4.69, 9.17) is 9.97 Å². The largest absolute Gasteiger partial charge is 0.354 e. The van der Waals surface area contributed by atoms with Crippen molar-refractivity contribution in [1.82, 2.24) is 29.2 Å². The minimum Gasteiger partial charge on any atom is -0.354 e. The minimum atomic E-state index is 0.525. The molecule has 0 atom stereocenters. The molecule has 1 aliphatic heterocycles. The normalized spacial score (nSPS) is 14.6. The molecule has 182 valence electrons. The van der Waals surface area contributed by atoms with Crippen molar-refractivity contribution in [3.05, 3.63) is 71.9 Å². The van der Waals surface area contributed by atoms with Crippen LogP contribution in [-0.4, -0.2) is 61.5 Å². The number of anilines is 3. The highest BCUT2D eigenvalue weighted by Crippen LogP contribution is 2.26. The van der Waals surface area contributed by atoms with Crippen LogP contribution in [0.4, 0.5) is 17.5 Å². The van der Waals surface area contributed by atoms with E-state index in [1.165, 1.54) is 5.56 Å². The van der Waals surface area contributed by atoms with Crippen molar-refractivity contribution < 1.29 is 0 Å². The molecule has 8 nitrogen and oxygen atoms in total. The molecule has 1 fully saturated rings. The summed E-state index contributed by atoms with van der Waals surface area (Å²) >= 11 is 1.69. The van der Waals surface area contributed by atoms with Crippen molar-refractivity contribution in [2.24, 2.45) is 0 Å². The number of fused-ring (bicyclic) bond motifs is 1. The number of hydrogen-bond donors (Lipinski definition) is 1. The molecule has 0 aliphatic carbocycles. The number of nitrogens with one attached hydrogen (secondary N) is 1. The molecule has 1 N–H and O–H groups in total. The van der Waals surface area contributed by atoms with E-state index in [9.17, 15) is 0 Å².